The van der Waals surface area contributed by atoms with E-state index in [1.807, 2.05) is 31.2 Å². The second-order valence-corrected chi connectivity index (χ2v) is 14.1. The topological polar surface area (TPSA) is 57.4 Å². The Labute approximate surface area is 318 Å². The molecule has 0 unspecified atom stereocenters. The lowest BCUT2D eigenvalue weighted by atomic mass is 9.97. The monoisotopic (exact) mass is 700 g/mol. The smallest absolute Gasteiger partial charge is 0.104 e. The number of nitriles is 2. The number of fused-ring (bicyclic) bond motifs is 6. The van der Waals surface area contributed by atoms with E-state index in [-0.39, 0.29) is 0 Å². The van der Waals surface area contributed by atoms with Crippen LogP contribution in [0.3, 0.4) is 0 Å². The highest BCUT2D eigenvalue weighted by atomic mass is 15.0. The molecule has 0 aliphatic carbocycles. The van der Waals surface area contributed by atoms with E-state index in [9.17, 15) is 10.5 Å². The van der Waals surface area contributed by atoms with E-state index in [1.165, 1.54) is 0 Å². The first-order valence-electron chi connectivity index (χ1n) is 18.4. The number of aryl methyl sites for hydroxylation is 1. The summed E-state index contributed by atoms with van der Waals surface area (Å²) in [5, 5.41) is 25.9. The molecule has 0 N–H and O–H groups in total. The second kappa shape index (κ2) is 12.8. The van der Waals surface area contributed by atoms with Gasteiger partial charge in [0.15, 0.2) is 0 Å². The Bertz CT molecular complexity index is 3050. The lowest BCUT2D eigenvalue weighted by Crippen LogP contribution is -2.05. The number of para-hydroxylation sites is 2. The Hall–Kier alpha value is -7.66. The SMILES string of the molecule is Cc1cc(C#N)cc(-c2cc(-n3c4ccccc4c4ccc(-c5ccccc5)cc43)c(C#N)c(-n3c4ccccc4c4ccc(-c5ccccc5)cc43)c2)c1. The lowest BCUT2D eigenvalue weighted by molar-refractivity contribution is 1.12. The fraction of sp³-hybridized carbons (Fsp3) is 0.0196. The standard InChI is InChI=1S/C51H32N4/c1-33-24-34(31-52)26-39(25-33)40-29-50(54-46-18-10-8-16-41(46)43-22-20-37(27-48(43)54)35-12-4-2-5-13-35)45(32-53)51(30-40)55-47-19-11-9-17-42(47)44-23-21-38(28-49(44)55)36-14-6-3-7-15-36/h2-30H,1H3. The van der Waals surface area contributed by atoms with Crippen molar-refractivity contribution in [1.82, 2.24) is 9.13 Å². The number of hydrogen-bond acceptors (Lipinski definition) is 2. The Balaban J connectivity index is 1.36. The van der Waals surface area contributed by atoms with E-state index >= 15 is 0 Å². The zero-order chi connectivity index (χ0) is 37.0. The van der Waals surface area contributed by atoms with Crippen molar-refractivity contribution in [2.45, 2.75) is 6.92 Å². The van der Waals surface area contributed by atoms with Gasteiger partial charge in [-0.2, -0.15) is 10.5 Å². The molecule has 2 aromatic heterocycles. The predicted octanol–water partition coefficient (Wildman–Crippen LogP) is 12.9. The zero-order valence-electron chi connectivity index (χ0n) is 30.0. The van der Waals surface area contributed by atoms with Gasteiger partial charge < -0.3 is 9.13 Å². The van der Waals surface area contributed by atoms with Gasteiger partial charge in [-0.3, -0.25) is 0 Å². The van der Waals surface area contributed by atoms with Gasteiger partial charge in [0, 0.05) is 21.5 Å². The van der Waals surface area contributed by atoms with E-state index in [4.69, 9.17) is 0 Å². The molecule has 10 rings (SSSR count). The van der Waals surface area contributed by atoms with E-state index in [1.54, 1.807) is 0 Å². The number of nitrogens with zero attached hydrogens (tertiary/aromatic N) is 4. The molecule has 0 bridgehead atoms. The fourth-order valence-electron chi connectivity index (χ4n) is 8.34. The first-order chi connectivity index (χ1) is 27.1. The summed E-state index contributed by atoms with van der Waals surface area (Å²) < 4.78 is 4.51. The quantitative estimate of drug-likeness (QED) is 0.179. The summed E-state index contributed by atoms with van der Waals surface area (Å²) >= 11 is 0. The van der Waals surface area contributed by atoms with E-state index in [0.717, 1.165) is 93.9 Å². The minimum atomic E-state index is 0.553. The van der Waals surface area contributed by atoms with Gasteiger partial charge in [0.05, 0.1) is 45.1 Å². The van der Waals surface area contributed by atoms with Crippen molar-refractivity contribution in [2.24, 2.45) is 0 Å². The van der Waals surface area contributed by atoms with Crippen LogP contribution < -0.4 is 0 Å². The minimum absolute atomic E-state index is 0.553. The first kappa shape index (κ1) is 32.0. The average molecular weight is 701 g/mol. The second-order valence-electron chi connectivity index (χ2n) is 14.1. The van der Waals surface area contributed by atoms with E-state index < -0.39 is 0 Å². The molecule has 0 saturated heterocycles. The number of benzene rings is 8. The Morgan fingerprint density at radius 3 is 1.31 bits per heavy atom. The number of hydrogen-bond donors (Lipinski definition) is 0. The molecule has 4 nitrogen and oxygen atoms in total. The van der Waals surface area contributed by atoms with Crippen LogP contribution in [0.25, 0.3) is 88.4 Å². The highest BCUT2D eigenvalue weighted by Gasteiger charge is 2.23. The van der Waals surface area contributed by atoms with Gasteiger partial charge >= 0.3 is 0 Å². The van der Waals surface area contributed by atoms with Crippen LogP contribution in [0.5, 0.6) is 0 Å². The molecular weight excluding hydrogens is 669 g/mol. The summed E-state index contributed by atoms with van der Waals surface area (Å²) in [5.74, 6) is 0. The normalized spacial score (nSPS) is 11.3. The molecule has 2 heterocycles. The highest BCUT2D eigenvalue weighted by Crippen LogP contribution is 2.42. The van der Waals surface area contributed by atoms with Crippen molar-refractivity contribution in [2.75, 3.05) is 0 Å². The summed E-state index contributed by atoms with van der Waals surface area (Å²) in [5.41, 5.74) is 14.0. The maximum atomic E-state index is 11.4. The predicted molar refractivity (Wildman–Crippen MR) is 226 cm³/mol. The average Bonchev–Trinajstić information content (AvgIpc) is 3.75. The van der Waals surface area contributed by atoms with Crippen LogP contribution >= 0.6 is 0 Å². The molecule has 10 aromatic rings. The van der Waals surface area contributed by atoms with Gasteiger partial charge in [0.1, 0.15) is 11.6 Å². The van der Waals surface area contributed by atoms with Crippen molar-refractivity contribution < 1.29 is 0 Å². The van der Waals surface area contributed by atoms with Gasteiger partial charge in [-0.1, -0.05) is 127 Å². The van der Waals surface area contributed by atoms with Gasteiger partial charge in [-0.05, 0) is 94.4 Å². The van der Waals surface area contributed by atoms with Crippen LogP contribution in [0.1, 0.15) is 16.7 Å². The summed E-state index contributed by atoms with van der Waals surface area (Å²) in [7, 11) is 0. The molecule has 4 heteroatoms. The zero-order valence-corrected chi connectivity index (χ0v) is 30.0. The van der Waals surface area contributed by atoms with Crippen LogP contribution in [0.15, 0.2) is 176 Å². The summed E-state index contributed by atoms with van der Waals surface area (Å²) in [6.45, 7) is 2.02. The third-order valence-corrected chi connectivity index (χ3v) is 10.8. The van der Waals surface area contributed by atoms with E-state index in [2.05, 4.69) is 173 Å². The van der Waals surface area contributed by atoms with Crippen LogP contribution in [0.2, 0.25) is 0 Å². The molecule has 0 aliphatic heterocycles. The third kappa shape index (κ3) is 5.20. The summed E-state index contributed by atoms with van der Waals surface area (Å²) in [6, 6.07) is 66.2. The van der Waals surface area contributed by atoms with Crippen LogP contribution in [0, 0.1) is 29.6 Å². The molecule has 8 aromatic carbocycles. The molecule has 256 valence electrons. The van der Waals surface area contributed by atoms with Crippen molar-refractivity contribution >= 4 is 43.6 Å². The van der Waals surface area contributed by atoms with E-state index in [0.29, 0.717) is 11.1 Å². The third-order valence-electron chi connectivity index (χ3n) is 10.8. The molecule has 0 saturated carbocycles. The molecule has 55 heavy (non-hydrogen) atoms. The van der Waals surface area contributed by atoms with Gasteiger partial charge in [0.25, 0.3) is 0 Å². The highest BCUT2D eigenvalue weighted by molar-refractivity contribution is 6.12. The summed E-state index contributed by atoms with van der Waals surface area (Å²) in [4.78, 5) is 0. The molecule has 0 atom stereocenters. The van der Waals surface area contributed by atoms with Gasteiger partial charge in [0.2, 0.25) is 0 Å². The Morgan fingerprint density at radius 1 is 0.364 bits per heavy atom. The number of rotatable bonds is 5. The Kier molecular flexibility index (Phi) is 7.44. The van der Waals surface area contributed by atoms with Crippen LogP contribution in [-0.4, -0.2) is 9.13 Å². The number of aromatic nitrogens is 2. The van der Waals surface area contributed by atoms with Gasteiger partial charge in [-0.15, -0.1) is 0 Å². The largest absolute Gasteiger partial charge is 0.308 e. The van der Waals surface area contributed by atoms with Crippen molar-refractivity contribution in [3.05, 3.63) is 193 Å². The minimum Gasteiger partial charge on any atom is -0.308 e. The van der Waals surface area contributed by atoms with Gasteiger partial charge in [-0.25, -0.2) is 0 Å². The molecule has 0 fully saturated rings. The van der Waals surface area contributed by atoms with Crippen LogP contribution in [0.4, 0.5) is 0 Å². The van der Waals surface area contributed by atoms with Crippen molar-refractivity contribution in [3.63, 3.8) is 0 Å². The Morgan fingerprint density at radius 2 is 0.818 bits per heavy atom. The lowest BCUT2D eigenvalue weighted by Gasteiger charge is -2.19. The molecule has 0 radical (unpaired) electrons. The molecular formula is C51H32N4. The van der Waals surface area contributed by atoms with Crippen LogP contribution in [-0.2, 0) is 0 Å². The molecule has 0 spiro atoms. The fourth-order valence-corrected chi connectivity index (χ4v) is 8.34. The maximum Gasteiger partial charge on any atom is 0.104 e. The first-order valence-corrected chi connectivity index (χ1v) is 18.4. The van der Waals surface area contributed by atoms with Crippen molar-refractivity contribution in [3.8, 4) is 56.9 Å². The molecule has 0 amide bonds. The molecule has 0 aliphatic rings. The maximum absolute atomic E-state index is 11.4. The van der Waals surface area contributed by atoms with Crippen molar-refractivity contribution in [1.29, 1.82) is 10.5 Å². The summed E-state index contributed by atoms with van der Waals surface area (Å²) in [6.07, 6.45) is 0.